The van der Waals surface area contributed by atoms with Gasteiger partial charge in [0.1, 0.15) is 0 Å². The number of guanidine groups is 1. The van der Waals surface area contributed by atoms with E-state index in [1.807, 2.05) is 55.5 Å². The van der Waals surface area contributed by atoms with E-state index in [1.54, 1.807) is 7.05 Å². The second kappa shape index (κ2) is 6.09. The molecule has 1 atom stereocenters. The molecule has 1 unspecified atom stereocenters. The molecule has 0 aliphatic carbocycles. The number of aliphatic imine (C=N–C) groups is 1. The van der Waals surface area contributed by atoms with Crippen LogP contribution < -0.4 is 5.73 Å². The average Bonchev–Trinajstić information content (AvgIpc) is 2.60. The fraction of sp³-hybridized carbons (Fsp3) is 0.263. The monoisotopic (exact) mass is 323 g/mol. The fourth-order valence-corrected chi connectivity index (χ4v) is 2.91. The second-order valence-electron chi connectivity index (χ2n) is 6.31. The molecule has 1 amide bonds. The molecule has 5 heteroatoms. The lowest BCUT2D eigenvalue weighted by Gasteiger charge is -2.33. The number of aliphatic hydroxyl groups is 1. The van der Waals surface area contributed by atoms with E-state index in [0.717, 1.165) is 22.3 Å². The van der Waals surface area contributed by atoms with E-state index in [1.165, 1.54) is 4.90 Å². The smallest absolute Gasteiger partial charge is 0.231 e. The number of hydrogen-bond acceptors (Lipinski definition) is 4. The van der Waals surface area contributed by atoms with E-state index in [-0.39, 0.29) is 24.9 Å². The van der Waals surface area contributed by atoms with E-state index in [0.29, 0.717) is 0 Å². The zero-order valence-corrected chi connectivity index (χ0v) is 13.9. The molecule has 24 heavy (non-hydrogen) atoms. The van der Waals surface area contributed by atoms with E-state index in [9.17, 15) is 4.79 Å². The fourth-order valence-electron chi connectivity index (χ4n) is 2.91. The lowest BCUT2D eigenvalue weighted by Crippen LogP contribution is -2.47. The molecule has 1 heterocycles. The lowest BCUT2D eigenvalue weighted by atomic mass is 9.86. The molecule has 124 valence electrons. The van der Waals surface area contributed by atoms with E-state index in [2.05, 4.69) is 4.99 Å². The highest BCUT2D eigenvalue weighted by molar-refractivity contribution is 5.98. The van der Waals surface area contributed by atoms with Gasteiger partial charge in [-0.2, -0.15) is 0 Å². The van der Waals surface area contributed by atoms with Gasteiger partial charge in [0.15, 0.2) is 5.96 Å². The van der Waals surface area contributed by atoms with Gasteiger partial charge < -0.3 is 10.8 Å². The van der Waals surface area contributed by atoms with E-state index in [4.69, 9.17) is 10.8 Å². The molecule has 5 nitrogen and oxygen atoms in total. The average molecular weight is 323 g/mol. The highest BCUT2D eigenvalue weighted by Crippen LogP contribution is 2.34. The van der Waals surface area contributed by atoms with E-state index < -0.39 is 5.54 Å². The lowest BCUT2D eigenvalue weighted by molar-refractivity contribution is -0.128. The van der Waals surface area contributed by atoms with E-state index >= 15 is 0 Å². The standard InChI is InChI=1S/C19H21N3O2/c1-19(11-17(24)22(2)18(20)21-19)16-5-3-4-15(10-16)14-8-6-13(12-23)7-9-14/h3-10,23H,11-12H2,1-2H3,(H2,20,21). The number of carbonyl (C=O) groups is 1. The van der Waals surface area contributed by atoms with Gasteiger partial charge in [0.25, 0.3) is 0 Å². The number of carbonyl (C=O) groups excluding carboxylic acids is 1. The number of amides is 1. The summed E-state index contributed by atoms with van der Waals surface area (Å²) in [5.74, 6) is 0.203. The number of rotatable bonds is 3. The van der Waals surface area contributed by atoms with Gasteiger partial charge in [0.05, 0.1) is 18.6 Å². The molecule has 0 aromatic heterocycles. The summed E-state index contributed by atoms with van der Waals surface area (Å²) in [5.41, 5.74) is 9.16. The molecule has 0 radical (unpaired) electrons. The largest absolute Gasteiger partial charge is 0.392 e. The van der Waals surface area contributed by atoms with Crippen LogP contribution in [0, 0.1) is 0 Å². The first-order chi connectivity index (χ1) is 11.4. The van der Waals surface area contributed by atoms with Crippen LogP contribution in [0.4, 0.5) is 0 Å². The maximum Gasteiger partial charge on any atom is 0.231 e. The second-order valence-corrected chi connectivity index (χ2v) is 6.31. The van der Waals surface area contributed by atoms with Crippen LogP contribution >= 0.6 is 0 Å². The summed E-state index contributed by atoms with van der Waals surface area (Å²) >= 11 is 0. The summed E-state index contributed by atoms with van der Waals surface area (Å²) in [7, 11) is 1.64. The Morgan fingerprint density at radius 1 is 1.21 bits per heavy atom. The van der Waals surface area contributed by atoms with Crippen LogP contribution in [0.3, 0.4) is 0 Å². The summed E-state index contributed by atoms with van der Waals surface area (Å²) in [4.78, 5) is 18.1. The van der Waals surface area contributed by atoms with Gasteiger partial charge >= 0.3 is 0 Å². The minimum absolute atomic E-state index is 0.0298. The normalized spacial score (nSPS) is 20.9. The summed E-state index contributed by atoms with van der Waals surface area (Å²) in [6, 6.07) is 15.8. The van der Waals surface area contributed by atoms with Gasteiger partial charge in [-0.3, -0.25) is 9.69 Å². The topological polar surface area (TPSA) is 78.9 Å². The molecule has 0 bridgehead atoms. The maximum atomic E-state index is 12.2. The van der Waals surface area contributed by atoms with Crippen molar-refractivity contribution in [3.63, 3.8) is 0 Å². The molecule has 3 N–H and O–H groups in total. The number of hydrogen-bond donors (Lipinski definition) is 2. The van der Waals surface area contributed by atoms with Crippen molar-refractivity contribution in [2.45, 2.75) is 25.5 Å². The van der Waals surface area contributed by atoms with Gasteiger partial charge in [-0.05, 0) is 35.2 Å². The van der Waals surface area contributed by atoms with Gasteiger partial charge in [-0.15, -0.1) is 0 Å². The van der Waals surface area contributed by atoms with Crippen LogP contribution in [0.15, 0.2) is 53.5 Å². The molecule has 3 rings (SSSR count). The van der Waals surface area contributed by atoms with Crippen LogP contribution in [0.1, 0.15) is 24.5 Å². The molecule has 0 spiro atoms. The summed E-state index contributed by atoms with van der Waals surface area (Å²) in [5, 5.41) is 9.16. The molecule has 2 aromatic rings. The SMILES string of the molecule is CN1C(=O)CC(C)(c2cccc(-c3ccc(CO)cc3)c2)N=C1N. The van der Waals surface area contributed by atoms with Crippen LogP contribution in [0.25, 0.3) is 11.1 Å². The molecule has 1 aliphatic heterocycles. The highest BCUT2D eigenvalue weighted by atomic mass is 16.3. The predicted octanol–water partition coefficient (Wildman–Crippen LogP) is 2.24. The van der Waals surface area contributed by atoms with Crippen molar-refractivity contribution in [1.82, 2.24) is 4.90 Å². The third-order valence-corrected chi connectivity index (χ3v) is 4.53. The molecule has 1 aliphatic rings. The first-order valence-electron chi connectivity index (χ1n) is 7.85. The van der Waals surface area contributed by atoms with Gasteiger partial charge in [0.2, 0.25) is 5.91 Å². The zero-order chi connectivity index (χ0) is 17.3. The summed E-state index contributed by atoms with van der Waals surface area (Å²) in [6.07, 6.45) is 0.289. The number of nitrogens with two attached hydrogens (primary N) is 1. The minimum atomic E-state index is -0.658. The van der Waals surface area contributed by atoms with Gasteiger partial charge in [-0.25, -0.2) is 4.99 Å². The Labute approximate surface area is 141 Å². The summed E-state index contributed by atoms with van der Waals surface area (Å²) in [6.45, 7) is 1.96. The van der Waals surface area contributed by atoms with Crippen LogP contribution in [0.5, 0.6) is 0 Å². The van der Waals surface area contributed by atoms with Gasteiger partial charge in [0, 0.05) is 7.05 Å². The Morgan fingerprint density at radius 3 is 2.54 bits per heavy atom. The predicted molar refractivity (Wildman–Crippen MR) is 94.2 cm³/mol. The Bertz CT molecular complexity index is 799. The first-order valence-corrected chi connectivity index (χ1v) is 7.85. The molecule has 2 aromatic carbocycles. The van der Waals surface area contributed by atoms with Crippen molar-refractivity contribution in [2.24, 2.45) is 10.7 Å². The Hall–Kier alpha value is -2.66. The van der Waals surface area contributed by atoms with Crippen LogP contribution in [-0.2, 0) is 16.9 Å². The van der Waals surface area contributed by atoms with Crippen molar-refractivity contribution in [3.05, 3.63) is 59.7 Å². The van der Waals surface area contributed by atoms with Crippen molar-refractivity contribution >= 4 is 11.9 Å². The molecular formula is C19H21N3O2. The van der Waals surface area contributed by atoms with Crippen LogP contribution in [0.2, 0.25) is 0 Å². The third kappa shape index (κ3) is 2.90. The van der Waals surface area contributed by atoms with Crippen molar-refractivity contribution < 1.29 is 9.90 Å². The number of benzene rings is 2. The number of nitrogens with zero attached hydrogens (tertiary/aromatic N) is 2. The quantitative estimate of drug-likeness (QED) is 0.909. The Balaban J connectivity index is 1.99. The first kappa shape index (κ1) is 16.2. The molecule has 0 saturated carbocycles. The summed E-state index contributed by atoms with van der Waals surface area (Å²) < 4.78 is 0. The molecular weight excluding hydrogens is 302 g/mol. The van der Waals surface area contributed by atoms with Crippen molar-refractivity contribution in [3.8, 4) is 11.1 Å². The minimum Gasteiger partial charge on any atom is -0.392 e. The third-order valence-electron chi connectivity index (χ3n) is 4.53. The number of aliphatic hydroxyl groups excluding tert-OH is 1. The van der Waals surface area contributed by atoms with Crippen LogP contribution in [-0.4, -0.2) is 28.9 Å². The Kier molecular flexibility index (Phi) is 4.11. The molecule has 0 saturated heterocycles. The van der Waals surface area contributed by atoms with Gasteiger partial charge in [-0.1, -0.05) is 42.5 Å². The zero-order valence-electron chi connectivity index (χ0n) is 13.9. The van der Waals surface area contributed by atoms with Crippen molar-refractivity contribution in [2.75, 3.05) is 7.05 Å². The van der Waals surface area contributed by atoms with Crippen molar-refractivity contribution in [1.29, 1.82) is 0 Å². The molecule has 0 fully saturated rings. The highest BCUT2D eigenvalue weighted by Gasteiger charge is 2.36. The maximum absolute atomic E-state index is 12.2. The Morgan fingerprint density at radius 2 is 1.92 bits per heavy atom.